The highest BCUT2D eigenvalue weighted by atomic mass is 16.5. The molecule has 0 aromatic heterocycles. The fourth-order valence-corrected chi connectivity index (χ4v) is 1.60. The summed E-state index contributed by atoms with van der Waals surface area (Å²) in [6.45, 7) is 8.17. The van der Waals surface area contributed by atoms with Crippen molar-refractivity contribution in [2.24, 2.45) is 11.7 Å². The van der Waals surface area contributed by atoms with Crippen molar-refractivity contribution in [1.29, 1.82) is 0 Å². The molecule has 0 saturated carbocycles. The van der Waals surface area contributed by atoms with Crippen molar-refractivity contribution in [3.05, 3.63) is 0 Å². The summed E-state index contributed by atoms with van der Waals surface area (Å²) >= 11 is 0. The van der Waals surface area contributed by atoms with Crippen molar-refractivity contribution in [1.82, 2.24) is 4.90 Å². The van der Waals surface area contributed by atoms with E-state index < -0.39 is 0 Å². The van der Waals surface area contributed by atoms with Crippen LogP contribution in [0.1, 0.15) is 33.6 Å². The molecule has 0 aliphatic rings. The summed E-state index contributed by atoms with van der Waals surface area (Å²) in [4.78, 5) is 13.8. The van der Waals surface area contributed by atoms with Gasteiger partial charge in [0.25, 0.3) is 0 Å². The number of nitrogens with zero attached hydrogens (tertiary/aromatic N) is 1. The van der Waals surface area contributed by atoms with Crippen LogP contribution in [-0.2, 0) is 9.53 Å². The SMILES string of the molecule is CCCC(N)C(=O)N(CCOC)CC(C)C. The van der Waals surface area contributed by atoms with Gasteiger partial charge in [0.2, 0.25) is 5.91 Å². The van der Waals surface area contributed by atoms with Crippen LogP contribution in [0.25, 0.3) is 0 Å². The Hall–Kier alpha value is -0.610. The average Bonchev–Trinajstić information content (AvgIpc) is 2.23. The standard InChI is InChI=1S/C12H26N2O2/c1-5-6-11(13)12(15)14(7-8-16-4)9-10(2)3/h10-11H,5-9,13H2,1-4H3. The van der Waals surface area contributed by atoms with Crippen molar-refractivity contribution in [3.63, 3.8) is 0 Å². The molecule has 0 radical (unpaired) electrons. The molecule has 96 valence electrons. The Balaban J connectivity index is 4.29. The number of hydrogen-bond acceptors (Lipinski definition) is 3. The highest BCUT2D eigenvalue weighted by Gasteiger charge is 2.20. The summed E-state index contributed by atoms with van der Waals surface area (Å²) in [6.07, 6.45) is 1.69. The lowest BCUT2D eigenvalue weighted by atomic mass is 10.1. The van der Waals surface area contributed by atoms with E-state index >= 15 is 0 Å². The first kappa shape index (κ1) is 15.4. The largest absolute Gasteiger partial charge is 0.383 e. The summed E-state index contributed by atoms with van der Waals surface area (Å²) in [6, 6.07) is -0.361. The third kappa shape index (κ3) is 6.08. The number of hydrogen-bond donors (Lipinski definition) is 1. The lowest BCUT2D eigenvalue weighted by molar-refractivity contribution is -0.134. The van der Waals surface area contributed by atoms with Crippen molar-refractivity contribution >= 4 is 5.91 Å². The molecule has 1 atom stereocenters. The molecule has 0 heterocycles. The Labute approximate surface area is 99.1 Å². The third-order valence-electron chi connectivity index (χ3n) is 2.38. The minimum Gasteiger partial charge on any atom is -0.383 e. The monoisotopic (exact) mass is 230 g/mol. The molecule has 1 amide bonds. The molecule has 0 bridgehead atoms. The Morgan fingerprint density at radius 1 is 1.44 bits per heavy atom. The normalized spacial score (nSPS) is 12.9. The van der Waals surface area contributed by atoms with Crippen molar-refractivity contribution in [2.45, 2.75) is 39.7 Å². The first-order valence-corrected chi connectivity index (χ1v) is 6.06. The van der Waals surface area contributed by atoms with Gasteiger partial charge in [-0.15, -0.1) is 0 Å². The topological polar surface area (TPSA) is 55.6 Å². The highest BCUT2D eigenvalue weighted by molar-refractivity contribution is 5.81. The van der Waals surface area contributed by atoms with Crippen LogP contribution >= 0.6 is 0 Å². The van der Waals surface area contributed by atoms with Gasteiger partial charge in [0, 0.05) is 20.2 Å². The predicted molar refractivity (Wildman–Crippen MR) is 66.2 cm³/mol. The Bertz CT molecular complexity index is 195. The maximum atomic E-state index is 12.0. The fourth-order valence-electron chi connectivity index (χ4n) is 1.60. The number of methoxy groups -OCH3 is 1. The van der Waals surface area contributed by atoms with E-state index in [0.717, 1.165) is 19.4 Å². The van der Waals surface area contributed by atoms with Crippen molar-refractivity contribution < 1.29 is 9.53 Å². The number of rotatable bonds is 8. The van der Waals surface area contributed by atoms with E-state index in [1.54, 1.807) is 7.11 Å². The van der Waals surface area contributed by atoms with Crippen LogP contribution in [0.15, 0.2) is 0 Å². The Kier molecular flexibility index (Phi) is 8.21. The second-order valence-electron chi connectivity index (χ2n) is 4.57. The zero-order valence-corrected chi connectivity index (χ0v) is 11.0. The Morgan fingerprint density at radius 2 is 2.06 bits per heavy atom. The molecule has 2 N–H and O–H groups in total. The summed E-state index contributed by atoms with van der Waals surface area (Å²) in [7, 11) is 1.64. The zero-order valence-electron chi connectivity index (χ0n) is 11.0. The van der Waals surface area contributed by atoms with E-state index in [1.807, 2.05) is 11.8 Å². The van der Waals surface area contributed by atoms with Gasteiger partial charge in [-0.25, -0.2) is 0 Å². The quantitative estimate of drug-likeness (QED) is 0.682. The molecule has 0 rings (SSSR count). The highest BCUT2D eigenvalue weighted by Crippen LogP contribution is 2.04. The van der Waals surface area contributed by atoms with Gasteiger partial charge in [0.15, 0.2) is 0 Å². The van der Waals surface area contributed by atoms with Gasteiger partial charge in [-0.2, -0.15) is 0 Å². The first-order valence-electron chi connectivity index (χ1n) is 6.06. The number of nitrogens with two attached hydrogens (primary N) is 1. The molecule has 16 heavy (non-hydrogen) atoms. The molecule has 0 aromatic rings. The van der Waals surface area contributed by atoms with E-state index in [0.29, 0.717) is 19.1 Å². The molecule has 0 fully saturated rings. The molecular formula is C12H26N2O2. The second kappa shape index (κ2) is 8.53. The minimum absolute atomic E-state index is 0.0487. The van der Waals surface area contributed by atoms with Crippen LogP contribution in [-0.4, -0.2) is 43.7 Å². The molecule has 0 aromatic carbocycles. The lowest BCUT2D eigenvalue weighted by Gasteiger charge is -2.27. The van der Waals surface area contributed by atoms with Crippen LogP contribution in [0, 0.1) is 5.92 Å². The van der Waals surface area contributed by atoms with Crippen LogP contribution in [0.2, 0.25) is 0 Å². The second-order valence-corrected chi connectivity index (χ2v) is 4.57. The molecule has 0 aliphatic heterocycles. The molecule has 4 nitrogen and oxygen atoms in total. The smallest absolute Gasteiger partial charge is 0.239 e. The van der Waals surface area contributed by atoms with E-state index in [4.69, 9.17) is 10.5 Å². The maximum Gasteiger partial charge on any atom is 0.239 e. The van der Waals surface area contributed by atoms with Gasteiger partial charge >= 0.3 is 0 Å². The van der Waals surface area contributed by atoms with Crippen LogP contribution < -0.4 is 5.73 Å². The molecule has 4 heteroatoms. The van der Waals surface area contributed by atoms with Crippen molar-refractivity contribution in [3.8, 4) is 0 Å². The summed E-state index contributed by atoms with van der Waals surface area (Å²) in [5.41, 5.74) is 5.84. The molecule has 0 saturated heterocycles. The van der Waals surface area contributed by atoms with Gasteiger partial charge in [0.05, 0.1) is 12.6 Å². The third-order valence-corrected chi connectivity index (χ3v) is 2.38. The summed E-state index contributed by atoms with van der Waals surface area (Å²) in [5, 5.41) is 0. The van der Waals surface area contributed by atoms with Crippen molar-refractivity contribution in [2.75, 3.05) is 26.8 Å². The summed E-state index contributed by atoms with van der Waals surface area (Å²) in [5.74, 6) is 0.502. The average molecular weight is 230 g/mol. The Morgan fingerprint density at radius 3 is 2.50 bits per heavy atom. The van der Waals surface area contributed by atoms with Crippen LogP contribution in [0.3, 0.4) is 0 Å². The predicted octanol–water partition coefficient (Wildman–Crippen LogP) is 1.24. The van der Waals surface area contributed by atoms with E-state index in [1.165, 1.54) is 0 Å². The zero-order chi connectivity index (χ0) is 12.6. The first-order chi connectivity index (χ1) is 7.52. The molecule has 0 aliphatic carbocycles. The number of carbonyl (C=O) groups excluding carboxylic acids is 1. The number of ether oxygens (including phenoxy) is 1. The maximum absolute atomic E-state index is 12.0. The lowest BCUT2D eigenvalue weighted by Crippen LogP contribution is -2.46. The van der Waals surface area contributed by atoms with E-state index in [9.17, 15) is 4.79 Å². The van der Waals surface area contributed by atoms with Gasteiger partial charge < -0.3 is 15.4 Å². The van der Waals surface area contributed by atoms with E-state index in [-0.39, 0.29) is 11.9 Å². The number of carbonyl (C=O) groups is 1. The van der Waals surface area contributed by atoms with Gasteiger partial charge in [0.1, 0.15) is 0 Å². The molecule has 0 spiro atoms. The molecule has 1 unspecified atom stereocenters. The minimum atomic E-state index is -0.361. The van der Waals surface area contributed by atoms with Gasteiger partial charge in [-0.05, 0) is 12.3 Å². The summed E-state index contributed by atoms with van der Waals surface area (Å²) < 4.78 is 5.01. The van der Waals surface area contributed by atoms with Gasteiger partial charge in [-0.1, -0.05) is 27.2 Å². The fraction of sp³-hybridized carbons (Fsp3) is 0.917. The van der Waals surface area contributed by atoms with Crippen LogP contribution in [0.5, 0.6) is 0 Å². The van der Waals surface area contributed by atoms with E-state index in [2.05, 4.69) is 13.8 Å². The van der Waals surface area contributed by atoms with Crippen LogP contribution in [0.4, 0.5) is 0 Å². The van der Waals surface area contributed by atoms with Gasteiger partial charge in [-0.3, -0.25) is 4.79 Å². The number of amides is 1. The molecular weight excluding hydrogens is 204 g/mol.